The lowest BCUT2D eigenvalue weighted by Gasteiger charge is -2.29. The molecular formula is C15H20BrN. The Kier molecular flexibility index (Phi) is 3.53. The zero-order chi connectivity index (χ0) is 11.7. The minimum Gasteiger partial charge on any atom is -0.303 e. The second-order valence-electron chi connectivity index (χ2n) is 5.44. The summed E-state index contributed by atoms with van der Waals surface area (Å²) >= 11 is 3.57. The van der Waals surface area contributed by atoms with Gasteiger partial charge in [0.1, 0.15) is 0 Å². The molecule has 1 aromatic carbocycles. The van der Waals surface area contributed by atoms with Crippen LogP contribution in [0.3, 0.4) is 0 Å². The van der Waals surface area contributed by atoms with Crippen molar-refractivity contribution < 1.29 is 0 Å². The van der Waals surface area contributed by atoms with Crippen molar-refractivity contribution in [3.63, 3.8) is 0 Å². The summed E-state index contributed by atoms with van der Waals surface area (Å²) in [5.74, 6) is 0.788. The highest BCUT2D eigenvalue weighted by Gasteiger charge is 2.24. The predicted molar refractivity (Wildman–Crippen MR) is 75.5 cm³/mol. The lowest BCUT2D eigenvalue weighted by atomic mass is 9.99. The standard InChI is InChI=1S/C15H20BrN/c16-14-6-7-15-12(10-14)4-5-13(15)11-17-8-2-1-3-9-17/h6-7,10,13H,1-5,8-9,11H2. The Labute approximate surface area is 112 Å². The number of likely N-dealkylation sites (tertiary alicyclic amines) is 1. The van der Waals surface area contributed by atoms with E-state index in [2.05, 4.69) is 39.0 Å². The molecule has 0 radical (unpaired) electrons. The number of halogens is 1. The van der Waals surface area contributed by atoms with E-state index in [1.807, 2.05) is 0 Å². The third kappa shape index (κ3) is 2.58. The van der Waals surface area contributed by atoms with Gasteiger partial charge in [-0.2, -0.15) is 0 Å². The summed E-state index contributed by atoms with van der Waals surface area (Å²) in [6.45, 7) is 3.93. The van der Waals surface area contributed by atoms with Crippen LogP contribution in [0.2, 0.25) is 0 Å². The van der Waals surface area contributed by atoms with Crippen LogP contribution in [0.1, 0.15) is 42.7 Å². The van der Waals surface area contributed by atoms with E-state index in [0.29, 0.717) is 0 Å². The normalized spacial score (nSPS) is 24.9. The van der Waals surface area contributed by atoms with Crippen LogP contribution in [0.4, 0.5) is 0 Å². The Bertz CT molecular complexity index is 396. The molecule has 3 rings (SSSR count). The van der Waals surface area contributed by atoms with Crippen molar-refractivity contribution in [1.29, 1.82) is 0 Å². The third-order valence-corrected chi connectivity index (χ3v) is 4.73. The summed E-state index contributed by atoms with van der Waals surface area (Å²) in [5.41, 5.74) is 3.18. The maximum absolute atomic E-state index is 3.57. The fourth-order valence-electron chi connectivity index (χ4n) is 3.32. The molecule has 1 atom stereocenters. The van der Waals surface area contributed by atoms with Gasteiger partial charge in [-0.3, -0.25) is 0 Å². The Balaban J connectivity index is 1.70. The predicted octanol–water partition coefficient (Wildman–Crippen LogP) is 3.96. The maximum Gasteiger partial charge on any atom is 0.0178 e. The highest BCUT2D eigenvalue weighted by molar-refractivity contribution is 9.10. The first-order chi connectivity index (χ1) is 8.33. The Morgan fingerprint density at radius 2 is 2.00 bits per heavy atom. The van der Waals surface area contributed by atoms with Crippen molar-refractivity contribution in [3.8, 4) is 0 Å². The smallest absolute Gasteiger partial charge is 0.0178 e. The van der Waals surface area contributed by atoms with Crippen molar-refractivity contribution in [2.45, 2.75) is 38.0 Å². The highest BCUT2D eigenvalue weighted by atomic mass is 79.9. The summed E-state index contributed by atoms with van der Waals surface area (Å²) in [6.07, 6.45) is 6.86. The van der Waals surface area contributed by atoms with Crippen molar-refractivity contribution in [1.82, 2.24) is 4.90 Å². The van der Waals surface area contributed by atoms with E-state index < -0.39 is 0 Å². The minimum absolute atomic E-state index is 0.788. The minimum atomic E-state index is 0.788. The van der Waals surface area contributed by atoms with Gasteiger partial charge in [0.25, 0.3) is 0 Å². The average molecular weight is 294 g/mol. The SMILES string of the molecule is Brc1ccc2c(c1)CCC2CN1CCCCC1. The molecule has 2 aliphatic rings. The topological polar surface area (TPSA) is 3.24 Å². The quantitative estimate of drug-likeness (QED) is 0.798. The Morgan fingerprint density at radius 1 is 1.18 bits per heavy atom. The molecule has 1 unspecified atom stereocenters. The van der Waals surface area contributed by atoms with Crippen molar-refractivity contribution in [2.75, 3.05) is 19.6 Å². The second-order valence-corrected chi connectivity index (χ2v) is 6.36. The van der Waals surface area contributed by atoms with Gasteiger partial charge in [-0.25, -0.2) is 0 Å². The van der Waals surface area contributed by atoms with Crippen LogP contribution in [0, 0.1) is 0 Å². The first kappa shape index (κ1) is 11.7. The van der Waals surface area contributed by atoms with E-state index in [0.717, 1.165) is 5.92 Å². The van der Waals surface area contributed by atoms with E-state index in [1.165, 1.54) is 56.2 Å². The molecule has 0 spiro atoms. The van der Waals surface area contributed by atoms with Crippen LogP contribution in [0.25, 0.3) is 0 Å². The molecule has 1 aliphatic heterocycles. The van der Waals surface area contributed by atoms with Crippen LogP contribution in [0.15, 0.2) is 22.7 Å². The molecular weight excluding hydrogens is 274 g/mol. The Morgan fingerprint density at radius 3 is 2.82 bits per heavy atom. The van der Waals surface area contributed by atoms with Crippen LogP contribution in [-0.4, -0.2) is 24.5 Å². The molecule has 1 nitrogen and oxygen atoms in total. The lowest BCUT2D eigenvalue weighted by molar-refractivity contribution is 0.215. The van der Waals surface area contributed by atoms with Crippen LogP contribution in [0.5, 0.6) is 0 Å². The molecule has 0 N–H and O–H groups in total. The largest absolute Gasteiger partial charge is 0.303 e. The fourth-order valence-corrected chi connectivity index (χ4v) is 3.73. The van der Waals surface area contributed by atoms with Crippen molar-refractivity contribution >= 4 is 15.9 Å². The van der Waals surface area contributed by atoms with Crippen LogP contribution >= 0.6 is 15.9 Å². The number of hydrogen-bond acceptors (Lipinski definition) is 1. The molecule has 2 heteroatoms. The molecule has 0 amide bonds. The van der Waals surface area contributed by atoms with E-state index in [-0.39, 0.29) is 0 Å². The second kappa shape index (κ2) is 5.11. The molecule has 0 saturated carbocycles. The molecule has 1 aliphatic carbocycles. The van der Waals surface area contributed by atoms with E-state index in [4.69, 9.17) is 0 Å². The Hall–Kier alpha value is -0.340. The van der Waals surface area contributed by atoms with E-state index >= 15 is 0 Å². The molecule has 1 aromatic rings. The van der Waals surface area contributed by atoms with Gasteiger partial charge >= 0.3 is 0 Å². The van der Waals surface area contributed by atoms with Gasteiger partial charge in [0, 0.05) is 11.0 Å². The lowest BCUT2D eigenvalue weighted by Crippen LogP contribution is -2.33. The van der Waals surface area contributed by atoms with E-state index in [1.54, 1.807) is 11.1 Å². The van der Waals surface area contributed by atoms with Gasteiger partial charge in [-0.1, -0.05) is 28.4 Å². The first-order valence-corrected chi connectivity index (χ1v) is 7.63. The number of piperidine rings is 1. The summed E-state index contributed by atoms with van der Waals surface area (Å²) < 4.78 is 1.23. The van der Waals surface area contributed by atoms with Crippen molar-refractivity contribution in [2.24, 2.45) is 0 Å². The summed E-state index contributed by atoms with van der Waals surface area (Å²) in [5, 5.41) is 0. The van der Waals surface area contributed by atoms with Gasteiger partial charge in [0.15, 0.2) is 0 Å². The zero-order valence-electron chi connectivity index (χ0n) is 10.3. The van der Waals surface area contributed by atoms with Gasteiger partial charge < -0.3 is 4.90 Å². The molecule has 0 bridgehead atoms. The fraction of sp³-hybridized carbons (Fsp3) is 0.600. The molecule has 92 valence electrons. The van der Waals surface area contributed by atoms with Gasteiger partial charge in [0.05, 0.1) is 0 Å². The third-order valence-electron chi connectivity index (χ3n) is 4.23. The zero-order valence-corrected chi connectivity index (χ0v) is 11.9. The van der Waals surface area contributed by atoms with E-state index in [9.17, 15) is 0 Å². The van der Waals surface area contributed by atoms with Crippen LogP contribution in [-0.2, 0) is 6.42 Å². The number of benzene rings is 1. The van der Waals surface area contributed by atoms with Crippen LogP contribution < -0.4 is 0 Å². The number of rotatable bonds is 2. The average Bonchev–Trinajstić information content (AvgIpc) is 2.73. The molecule has 1 saturated heterocycles. The summed E-state index contributed by atoms with van der Waals surface area (Å²) in [7, 11) is 0. The first-order valence-electron chi connectivity index (χ1n) is 6.83. The van der Waals surface area contributed by atoms with Gasteiger partial charge in [-0.15, -0.1) is 0 Å². The molecule has 0 aromatic heterocycles. The number of fused-ring (bicyclic) bond motifs is 1. The molecule has 1 heterocycles. The maximum atomic E-state index is 3.57. The van der Waals surface area contributed by atoms with Gasteiger partial charge in [0.2, 0.25) is 0 Å². The number of nitrogens with zero attached hydrogens (tertiary/aromatic N) is 1. The summed E-state index contributed by atoms with van der Waals surface area (Å²) in [4.78, 5) is 2.67. The summed E-state index contributed by atoms with van der Waals surface area (Å²) in [6, 6.07) is 6.85. The monoisotopic (exact) mass is 293 g/mol. The van der Waals surface area contributed by atoms with Gasteiger partial charge in [-0.05, 0) is 68.0 Å². The number of aryl methyl sites for hydroxylation is 1. The molecule has 17 heavy (non-hydrogen) atoms. The van der Waals surface area contributed by atoms with Crippen molar-refractivity contribution in [3.05, 3.63) is 33.8 Å². The highest BCUT2D eigenvalue weighted by Crippen LogP contribution is 2.35. The number of hydrogen-bond donors (Lipinski definition) is 0. The molecule has 1 fully saturated rings.